The van der Waals surface area contributed by atoms with Crippen molar-refractivity contribution in [3.8, 4) is 5.75 Å². The summed E-state index contributed by atoms with van der Waals surface area (Å²) < 4.78 is 5.40. The van der Waals surface area contributed by atoms with Gasteiger partial charge >= 0.3 is 0 Å². The largest absolute Gasteiger partial charge is 0.497 e. The second kappa shape index (κ2) is 3.89. The third-order valence-electron chi connectivity index (χ3n) is 4.60. The van der Waals surface area contributed by atoms with Gasteiger partial charge in [-0.3, -0.25) is 0 Å². The summed E-state index contributed by atoms with van der Waals surface area (Å²) in [7, 11) is 3.89. The zero-order valence-corrected chi connectivity index (χ0v) is 12.0. The fourth-order valence-corrected chi connectivity index (χ4v) is 3.65. The molecule has 0 saturated heterocycles. The van der Waals surface area contributed by atoms with Gasteiger partial charge in [-0.25, -0.2) is 0 Å². The van der Waals surface area contributed by atoms with E-state index in [0.29, 0.717) is 5.92 Å². The summed E-state index contributed by atoms with van der Waals surface area (Å²) >= 11 is 0. The highest BCUT2D eigenvalue weighted by Gasteiger charge is 2.36. The molecule has 2 heteroatoms. The predicted molar refractivity (Wildman–Crippen MR) is 82.3 cm³/mol. The summed E-state index contributed by atoms with van der Waals surface area (Å²) in [6, 6.07) is 15.1. The molecule has 1 atom stereocenters. The highest BCUT2D eigenvalue weighted by atomic mass is 16.5. The summed E-state index contributed by atoms with van der Waals surface area (Å²) in [5.74, 6) is 1.31. The van der Waals surface area contributed by atoms with E-state index in [1.54, 1.807) is 7.11 Å². The molecule has 2 aliphatic rings. The van der Waals surface area contributed by atoms with Gasteiger partial charge < -0.3 is 9.64 Å². The number of hydrogen-bond donors (Lipinski definition) is 0. The second-order valence-electron chi connectivity index (χ2n) is 5.53. The molecule has 0 spiro atoms. The number of anilines is 1. The topological polar surface area (TPSA) is 12.5 Å². The van der Waals surface area contributed by atoms with Crippen LogP contribution >= 0.6 is 0 Å². The van der Waals surface area contributed by atoms with Crippen LogP contribution in [0.5, 0.6) is 5.75 Å². The predicted octanol–water partition coefficient (Wildman–Crippen LogP) is 2.22. The molecule has 1 aliphatic carbocycles. The van der Waals surface area contributed by atoms with E-state index in [1.807, 2.05) is 6.07 Å². The number of methoxy groups -OCH3 is 1. The van der Waals surface area contributed by atoms with Crippen molar-refractivity contribution in [2.45, 2.75) is 12.8 Å². The van der Waals surface area contributed by atoms with Crippen LogP contribution in [0.2, 0.25) is 0 Å². The van der Waals surface area contributed by atoms with Crippen molar-refractivity contribution >= 4 is 17.0 Å². The Morgan fingerprint density at radius 1 is 1.05 bits per heavy atom. The van der Waals surface area contributed by atoms with Crippen LogP contribution in [0, 0.1) is 0 Å². The van der Waals surface area contributed by atoms with Crippen molar-refractivity contribution in [1.82, 2.24) is 0 Å². The van der Waals surface area contributed by atoms with Gasteiger partial charge in [-0.05, 0) is 35.9 Å². The van der Waals surface area contributed by atoms with Crippen LogP contribution in [0.15, 0.2) is 42.5 Å². The highest BCUT2D eigenvalue weighted by molar-refractivity contribution is 5.92. The van der Waals surface area contributed by atoms with Gasteiger partial charge in [0.15, 0.2) is 0 Å². The fraction of sp³-hybridized carbons (Fsp3) is 0.222. The molecule has 0 fully saturated rings. The van der Waals surface area contributed by atoms with Crippen LogP contribution in [-0.2, 0) is 0 Å². The van der Waals surface area contributed by atoms with E-state index in [9.17, 15) is 0 Å². The van der Waals surface area contributed by atoms with Crippen LogP contribution in [-0.4, -0.2) is 14.2 Å². The van der Waals surface area contributed by atoms with Crippen molar-refractivity contribution in [3.63, 3.8) is 0 Å². The molecule has 1 heterocycles. The molecular formula is C18H17NO. The summed E-state index contributed by atoms with van der Waals surface area (Å²) in [6.07, 6.45) is 0. The average Bonchev–Trinajstić information content (AvgIpc) is 2.95. The Kier molecular flexibility index (Phi) is 2.25. The zero-order valence-electron chi connectivity index (χ0n) is 12.0. The Bertz CT molecular complexity index is 835. The number of ether oxygens (including phenoxy) is 1. The molecule has 0 saturated carbocycles. The maximum atomic E-state index is 5.40. The van der Waals surface area contributed by atoms with Crippen molar-refractivity contribution in [1.29, 1.82) is 0 Å². The van der Waals surface area contributed by atoms with Crippen LogP contribution in [0.1, 0.15) is 18.4 Å². The SMILES string of the molecule is COc1ccc2c(c1)C1C(C)=c3ccccc3=C1N2C. The van der Waals surface area contributed by atoms with Crippen LogP contribution in [0.25, 0.3) is 11.3 Å². The monoisotopic (exact) mass is 263 g/mol. The van der Waals surface area contributed by atoms with Crippen LogP contribution in [0.4, 0.5) is 5.69 Å². The van der Waals surface area contributed by atoms with Gasteiger partial charge in [0.1, 0.15) is 5.75 Å². The minimum absolute atomic E-state index is 0.377. The number of benzene rings is 2. The van der Waals surface area contributed by atoms with Crippen molar-refractivity contribution < 1.29 is 4.74 Å². The molecule has 1 unspecified atom stereocenters. The molecule has 100 valence electrons. The van der Waals surface area contributed by atoms with Crippen molar-refractivity contribution in [3.05, 3.63) is 58.5 Å². The van der Waals surface area contributed by atoms with Crippen LogP contribution < -0.4 is 20.1 Å². The van der Waals surface area contributed by atoms with E-state index in [0.717, 1.165) is 5.75 Å². The first-order valence-corrected chi connectivity index (χ1v) is 6.94. The molecular weight excluding hydrogens is 246 g/mol. The maximum Gasteiger partial charge on any atom is 0.119 e. The van der Waals surface area contributed by atoms with Gasteiger partial charge in [0, 0.05) is 29.6 Å². The van der Waals surface area contributed by atoms with Gasteiger partial charge in [0.2, 0.25) is 0 Å². The normalized spacial score (nSPS) is 18.9. The van der Waals surface area contributed by atoms with Crippen molar-refractivity contribution in [2.24, 2.45) is 0 Å². The molecule has 2 aromatic carbocycles. The molecule has 2 nitrogen and oxygen atoms in total. The Balaban J connectivity index is 2.07. The first kappa shape index (κ1) is 11.6. The number of likely N-dealkylation sites (N-methyl/N-ethyl adjacent to an activating group) is 1. The molecule has 0 N–H and O–H groups in total. The second-order valence-corrected chi connectivity index (χ2v) is 5.53. The number of rotatable bonds is 1. The average molecular weight is 263 g/mol. The Labute approximate surface area is 118 Å². The molecule has 0 amide bonds. The third kappa shape index (κ3) is 1.29. The van der Waals surface area contributed by atoms with Gasteiger partial charge in [-0.15, -0.1) is 0 Å². The minimum atomic E-state index is 0.377. The number of fused-ring (bicyclic) bond motifs is 4. The first-order valence-electron chi connectivity index (χ1n) is 6.94. The number of hydrogen-bond acceptors (Lipinski definition) is 2. The summed E-state index contributed by atoms with van der Waals surface area (Å²) in [5.41, 5.74) is 5.49. The quantitative estimate of drug-likeness (QED) is 0.782. The minimum Gasteiger partial charge on any atom is -0.497 e. The molecule has 1 aliphatic heterocycles. The molecule has 4 rings (SSSR count). The lowest BCUT2D eigenvalue weighted by molar-refractivity contribution is 0.414. The molecule has 2 aromatic rings. The standard InChI is InChI=1S/C18H17NO/c1-11-13-6-4-5-7-14(13)18-17(11)15-10-12(20-3)8-9-16(15)19(18)2/h4-10,17H,1-3H3. The Hall–Kier alpha value is -2.22. The molecule has 0 aromatic heterocycles. The van der Waals surface area contributed by atoms with Gasteiger partial charge in [-0.2, -0.15) is 0 Å². The smallest absolute Gasteiger partial charge is 0.119 e. The lowest BCUT2D eigenvalue weighted by Crippen LogP contribution is -2.27. The highest BCUT2D eigenvalue weighted by Crippen LogP contribution is 2.49. The van der Waals surface area contributed by atoms with Crippen LogP contribution in [0.3, 0.4) is 0 Å². The number of nitrogens with zero attached hydrogens (tertiary/aromatic N) is 1. The summed E-state index contributed by atoms with van der Waals surface area (Å²) in [4.78, 5) is 2.33. The maximum absolute atomic E-state index is 5.40. The lowest BCUT2D eigenvalue weighted by Gasteiger charge is -2.15. The van der Waals surface area contributed by atoms with Crippen molar-refractivity contribution in [2.75, 3.05) is 19.1 Å². The van der Waals surface area contributed by atoms with E-state index < -0.39 is 0 Å². The zero-order chi connectivity index (χ0) is 13.9. The Morgan fingerprint density at radius 2 is 1.80 bits per heavy atom. The molecule has 0 radical (unpaired) electrons. The van der Waals surface area contributed by atoms with E-state index in [2.05, 4.69) is 55.3 Å². The Morgan fingerprint density at radius 3 is 2.55 bits per heavy atom. The van der Waals surface area contributed by atoms with Gasteiger partial charge in [0.05, 0.1) is 7.11 Å². The van der Waals surface area contributed by atoms with Gasteiger partial charge in [-0.1, -0.05) is 29.8 Å². The fourth-order valence-electron chi connectivity index (χ4n) is 3.65. The molecule has 0 bridgehead atoms. The van der Waals surface area contributed by atoms with Gasteiger partial charge in [0.25, 0.3) is 0 Å². The first-order chi connectivity index (χ1) is 9.72. The van der Waals surface area contributed by atoms with E-state index in [-0.39, 0.29) is 0 Å². The van der Waals surface area contributed by atoms with E-state index in [1.165, 1.54) is 33.0 Å². The summed E-state index contributed by atoms with van der Waals surface area (Å²) in [6.45, 7) is 2.25. The lowest BCUT2D eigenvalue weighted by atomic mass is 9.94. The summed E-state index contributed by atoms with van der Waals surface area (Å²) in [5, 5.41) is 2.75. The van der Waals surface area contributed by atoms with E-state index >= 15 is 0 Å². The molecule has 20 heavy (non-hydrogen) atoms. The third-order valence-corrected chi connectivity index (χ3v) is 4.60. The van der Waals surface area contributed by atoms with E-state index in [4.69, 9.17) is 4.74 Å².